The number of nitrogens with zero attached hydrogens (tertiary/aromatic N) is 4. The van der Waals surface area contributed by atoms with E-state index >= 15 is 0 Å². The Balaban J connectivity index is 1.92. The molecule has 21 heavy (non-hydrogen) atoms. The van der Waals surface area contributed by atoms with Gasteiger partial charge in [-0.3, -0.25) is 4.98 Å². The van der Waals surface area contributed by atoms with Gasteiger partial charge in [-0.1, -0.05) is 18.2 Å². The van der Waals surface area contributed by atoms with Crippen molar-refractivity contribution in [2.45, 2.75) is 20.4 Å². The smallest absolute Gasteiger partial charge is 0.224 e. The molecule has 0 atom stereocenters. The number of pyridine rings is 1. The number of hydrogen-bond donors (Lipinski definition) is 1. The van der Waals surface area contributed by atoms with Crippen molar-refractivity contribution in [1.82, 2.24) is 14.5 Å². The highest BCUT2D eigenvalue weighted by Crippen LogP contribution is 2.19. The fourth-order valence-electron chi connectivity index (χ4n) is 2.25. The first kappa shape index (κ1) is 13.3. The predicted molar refractivity (Wildman–Crippen MR) is 85.5 cm³/mol. The molecule has 0 unspecified atom stereocenters. The molecule has 106 valence electrons. The number of anilines is 1. The molecule has 1 N–H and O–H groups in total. The summed E-state index contributed by atoms with van der Waals surface area (Å²) in [6.07, 6.45) is 1.76. The number of hydrazone groups is 1. The molecule has 0 saturated carbocycles. The van der Waals surface area contributed by atoms with Gasteiger partial charge in [-0.25, -0.2) is 10.4 Å². The number of para-hydroxylation sites is 2. The summed E-state index contributed by atoms with van der Waals surface area (Å²) in [5, 5.41) is 4.39. The van der Waals surface area contributed by atoms with Gasteiger partial charge in [0.25, 0.3) is 0 Å². The van der Waals surface area contributed by atoms with Crippen LogP contribution in [0.3, 0.4) is 0 Å². The van der Waals surface area contributed by atoms with E-state index < -0.39 is 0 Å². The van der Waals surface area contributed by atoms with Gasteiger partial charge in [0, 0.05) is 12.7 Å². The Hall–Kier alpha value is -2.69. The van der Waals surface area contributed by atoms with E-state index in [-0.39, 0.29) is 0 Å². The standard InChI is InChI=1S/C16H17N5/c1-3-21-15-10-5-4-9-14(15)18-16(21)20-19-12(2)13-8-6-7-11-17-13/h4-11H,3H2,1-2H3,(H,18,20). The summed E-state index contributed by atoms with van der Waals surface area (Å²) in [7, 11) is 0. The average molecular weight is 279 g/mol. The number of nitrogens with one attached hydrogen (secondary N) is 1. The van der Waals surface area contributed by atoms with Crippen LogP contribution in [-0.4, -0.2) is 20.2 Å². The van der Waals surface area contributed by atoms with E-state index in [1.807, 2.05) is 43.3 Å². The van der Waals surface area contributed by atoms with E-state index in [4.69, 9.17) is 0 Å². The van der Waals surface area contributed by atoms with Crippen molar-refractivity contribution in [2.75, 3.05) is 5.43 Å². The molecule has 0 amide bonds. The third-order valence-corrected chi connectivity index (χ3v) is 3.33. The van der Waals surface area contributed by atoms with Crippen molar-refractivity contribution in [3.63, 3.8) is 0 Å². The number of rotatable bonds is 4. The number of hydrogen-bond acceptors (Lipinski definition) is 4. The second-order valence-electron chi connectivity index (χ2n) is 4.69. The summed E-state index contributed by atoms with van der Waals surface area (Å²) < 4.78 is 2.10. The zero-order valence-corrected chi connectivity index (χ0v) is 12.1. The molecular formula is C16H17N5. The summed E-state index contributed by atoms with van der Waals surface area (Å²) in [6.45, 7) is 4.85. The number of fused-ring (bicyclic) bond motifs is 1. The number of benzene rings is 1. The SMILES string of the molecule is CCn1c(NN=C(C)c2ccccn2)nc2ccccc21. The molecule has 3 rings (SSSR count). The lowest BCUT2D eigenvalue weighted by atomic mass is 10.3. The molecule has 0 aliphatic carbocycles. The molecule has 5 heteroatoms. The van der Waals surface area contributed by atoms with Crippen LogP contribution in [0.1, 0.15) is 19.5 Å². The summed E-state index contributed by atoms with van der Waals surface area (Å²) in [5.41, 5.74) is 6.80. The number of aromatic nitrogens is 3. The van der Waals surface area contributed by atoms with Crippen LogP contribution in [0.25, 0.3) is 11.0 Å². The third-order valence-electron chi connectivity index (χ3n) is 3.33. The molecule has 1 aromatic carbocycles. The predicted octanol–water partition coefficient (Wildman–Crippen LogP) is 3.29. The second kappa shape index (κ2) is 5.75. The summed E-state index contributed by atoms with van der Waals surface area (Å²) in [5.74, 6) is 0.744. The Kier molecular flexibility index (Phi) is 3.64. The van der Waals surface area contributed by atoms with Crippen LogP contribution >= 0.6 is 0 Å². The molecule has 0 radical (unpaired) electrons. The van der Waals surface area contributed by atoms with Crippen molar-refractivity contribution in [1.29, 1.82) is 0 Å². The van der Waals surface area contributed by atoms with E-state index in [1.54, 1.807) is 6.20 Å². The molecule has 0 bridgehead atoms. The molecule has 2 aromatic heterocycles. The van der Waals surface area contributed by atoms with Crippen LogP contribution in [0.2, 0.25) is 0 Å². The van der Waals surface area contributed by atoms with Crippen LogP contribution < -0.4 is 5.43 Å². The Morgan fingerprint density at radius 1 is 1.19 bits per heavy atom. The first-order valence-electron chi connectivity index (χ1n) is 6.96. The van der Waals surface area contributed by atoms with Gasteiger partial charge in [0.05, 0.1) is 22.4 Å². The van der Waals surface area contributed by atoms with Gasteiger partial charge < -0.3 is 4.57 Å². The molecule has 0 saturated heterocycles. The maximum Gasteiger partial charge on any atom is 0.224 e. The quantitative estimate of drug-likeness (QED) is 0.589. The largest absolute Gasteiger partial charge is 0.309 e. The van der Waals surface area contributed by atoms with Gasteiger partial charge in [0.2, 0.25) is 5.95 Å². The van der Waals surface area contributed by atoms with E-state index in [1.165, 1.54) is 0 Å². The molecule has 2 heterocycles. The zero-order valence-electron chi connectivity index (χ0n) is 12.1. The Morgan fingerprint density at radius 2 is 2.00 bits per heavy atom. The molecule has 5 nitrogen and oxygen atoms in total. The second-order valence-corrected chi connectivity index (χ2v) is 4.69. The molecule has 0 fully saturated rings. The van der Waals surface area contributed by atoms with Crippen LogP contribution in [0.4, 0.5) is 5.95 Å². The van der Waals surface area contributed by atoms with Gasteiger partial charge in [-0.15, -0.1) is 0 Å². The first-order valence-corrected chi connectivity index (χ1v) is 6.96. The normalized spacial score (nSPS) is 11.8. The lowest BCUT2D eigenvalue weighted by Gasteiger charge is -2.05. The average Bonchev–Trinajstić information content (AvgIpc) is 2.91. The van der Waals surface area contributed by atoms with Crippen LogP contribution in [0.15, 0.2) is 53.8 Å². The van der Waals surface area contributed by atoms with Crippen LogP contribution in [0.5, 0.6) is 0 Å². The highest BCUT2D eigenvalue weighted by molar-refractivity contribution is 5.97. The molecule has 0 spiro atoms. The lowest BCUT2D eigenvalue weighted by Crippen LogP contribution is -2.06. The summed E-state index contributed by atoms with van der Waals surface area (Å²) >= 11 is 0. The third kappa shape index (κ3) is 2.63. The molecule has 0 aliphatic rings. The van der Waals surface area contributed by atoms with Crippen molar-refractivity contribution in [3.8, 4) is 0 Å². The fourth-order valence-corrected chi connectivity index (χ4v) is 2.25. The summed E-state index contributed by atoms with van der Waals surface area (Å²) in [6, 6.07) is 13.8. The number of aryl methyl sites for hydroxylation is 1. The minimum atomic E-state index is 0.744. The van der Waals surface area contributed by atoms with E-state index in [2.05, 4.69) is 38.1 Å². The van der Waals surface area contributed by atoms with Gasteiger partial charge in [-0.2, -0.15) is 5.10 Å². The van der Waals surface area contributed by atoms with E-state index in [0.29, 0.717) is 0 Å². The highest BCUT2D eigenvalue weighted by Gasteiger charge is 2.08. The Morgan fingerprint density at radius 3 is 2.76 bits per heavy atom. The van der Waals surface area contributed by atoms with Crippen molar-refractivity contribution >= 4 is 22.7 Å². The van der Waals surface area contributed by atoms with Crippen molar-refractivity contribution < 1.29 is 0 Å². The molecule has 0 aliphatic heterocycles. The van der Waals surface area contributed by atoms with Crippen molar-refractivity contribution in [2.24, 2.45) is 5.10 Å². The number of imidazole rings is 1. The molecular weight excluding hydrogens is 262 g/mol. The zero-order chi connectivity index (χ0) is 14.7. The topological polar surface area (TPSA) is 55.1 Å². The minimum absolute atomic E-state index is 0.744. The van der Waals surface area contributed by atoms with Gasteiger partial charge in [0.15, 0.2) is 0 Å². The van der Waals surface area contributed by atoms with E-state index in [0.717, 1.165) is 34.9 Å². The van der Waals surface area contributed by atoms with Crippen LogP contribution in [-0.2, 0) is 6.54 Å². The van der Waals surface area contributed by atoms with Crippen LogP contribution in [0, 0.1) is 0 Å². The van der Waals surface area contributed by atoms with Crippen molar-refractivity contribution in [3.05, 3.63) is 54.4 Å². The monoisotopic (exact) mass is 279 g/mol. The maximum absolute atomic E-state index is 4.57. The lowest BCUT2D eigenvalue weighted by molar-refractivity contribution is 0.791. The summed E-state index contributed by atoms with van der Waals surface area (Å²) in [4.78, 5) is 8.85. The molecule has 3 aromatic rings. The fraction of sp³-hybridized carbons (Fsp3) is 0.188. The van der Waals surface area contributed by atoms with Gasteiger partial charge in [-0.05, 0) is 38.1 Å². The first-order chi connectivity index (χ1) is 10.3. The van der Waals surface area contributed by atoms with Gasteiger partial charge >= 0.3 is 0 Å². The Labute approximate surface area is 123 Å². The minimum Gasteiger partial charge on any atom is -0.309 e. The maximum atomic E-state index is 4.57. The Bertz CT molecular complexity index is 774. The highest BCUT2D eigenvalue weighted by atomic mass is 15.4. The van der Waals surface area contributed by atoms with Gasteiger partial charge in [0.1, 0.15) is 0 Å². The van der Waals surface area contributed by atoms with E-state index in [9.17, 15) is 0 Å².